The Labute approximate surface area is 124 Å². The van der Waals surface area contributed by atoms with Crippen LogP contribution in [0.15, 0.2) is 30.3 Å². The molecule has 0 bridgehead atoms. The molecular weight excluding hydrogens is 264 g/mol. The Morgan fingerprint density at radius 2 is 1.67 bits per heavy atom. The molecule has 3 nitrogen and oxygen atoms in total. The molecule has 2 aromatic rings. The lowest BCUT2D eigenvalue weighted by atomic mass is 9.96. The Hall–Kier alpha value is -2.16. The van der Waals surface area contributed by atoms with Gasteiger partial charge in [0.05, 0.1) is 7.11 Å². The first-order valence-electron chi connectivity index (χ1n) is 7.34. The minimum absolute atomic E-state index is 0.323. The zero-order valence-electron chi connectivity index (χ0n) is 12.3. The Morgan fingerprint density at radius 1 is 0.952 bits per heavy atom. The fraction of sp³-hybridized carbons (Fsp3) is 0.333. The lowest BCUT2D eigenvalue weighted by molar-refractivity contribution is 0.174. The zero-order valence-corrected chi connectivity index (χ0v) is 12.3. The van der Waals surface area contributed by atoms with E-state index >= 15 is 0 Å². The molecule has 0 fully saturated rings. The second-order valence-electron chi connectivity index (χ2n) is 5.90. The quantitative estimate of drug-likeness (QED) is 0.795. The molecule has 1 aliphatic carbocycles. The molecule has 2 aromatic carbocycles. The Bertz CT molecular complexity index is 706. The monoisotopic (exact) mass is 282 g/mol. The van der Waals surface area contributed by atoms with Gasteiger partial charge in [0.2, 0.25) is 6.79 Å². The van der Waals surface area contributed by atoms with Gasteiger partial charge in [0, 0.05) is 0 Å². The van der Waals surface area contributed by atoms with Crippen LogP contribution in [-0.4, -0.2) is 13.9 Å². The molecule has 0 aromatic heterocycles. The van der Waals surface area contributed by atoms with Crippen molar-refractivity contribution in [2.75, 3.05) is 13.9 Å². The standard InChI is InChI=1S/C18H18O3/c1-11-5-12-7-14(19-2)3-4-15(12)16-9-18-17(20-10-21-18)8-13(16)6-11/h3-4,7-9,11H,5-6,10H2,1-2H3. The Kier molecular flexibility index (Phi) is 2.81. The number of methoxy groups -OCH3 is 1. The molecule has 1 unspecified atom stereocenters. The van der Waals surface area contributed by atoms with E-state index in [4.69, 9.17) is 14.2 Å². The van der Waals surface area contributed by atoms with Crippen molar-refractivity contribution in [1.82, 2.24) is 0 Å². The Morgan fingerprint density at radius 3 is 2.43 bits per heavy atom. The number of rotatable bonds is 1. The third kappa shape index (κ3) is 2.04. The van der Waals surface area contributed by atoms with Crippen LogP contribution in [0.1, 0.15) is 18.1 Å². The van der Waals surface area contributed by atoms with Crippen LogP contribution in [0.3, 0.4) is 0 Å². The van der Waals surface area contributed by atoms with Gasteiger partial charge in [0.1, 0.15) is 5.75 Å². The number of fused-ring (bicyclic) bond motifs is 4. The van der Waals surface area contributed by atoms with E-state index < -0.39 is 0 Å². The van der Waals surface area contributed by atoms with Crippen molar-refractivity contribution in [3.63, 3.8) is 0 Å². The van der Waals surface area contributed by atoms with Crippen molar-refractivity contribution in [3.8, 4) is 28.4 Å². The average molecular weight is 282 g/mol. The van der Waals surface area contributed by atoms with Gasteiger partial charge in [0.25, 0.3) is 0 Å². The van der Waals surface area contributed by atoms with Gasteiger partial charge in [0.15, 0.2) is 11.5 Å². The Balaban J connectivity index is 1.93. The molecule has 3 heteroatoms. The normalized spacial score (nSPS) is 18.7. The van der Waals surface area contributed by atoms with Gasteiger partial charge >= 0.3 is 0 Å². The number of hydrogen-bond acceptors (Lipinski definition) is 3. The molecular formula is C18H18O3. The molecule has 1 atom stereocenters. The third-order valence-corrected chi connectivity index (χ3v) is 4.34. The molecule has 0 spiro atoms. The maximum absolute atomic E-state index is 5.55. The molecule has 0 amide bonds. The summed E-state index contributed by atoms with van der Waals surface area (Å²) in [6, 6.07) is 10.6. The molecule has 21 heavy (non-hydrogen) atoms. The zero-order chi connectivity index (χ0) is 14.4. The van der Waals surface area contributed by atoms with Gasteiger partial charge < -0.3 is 14.2 Å². The van der Waals surface area contributed by atoms with Crippen LogP contribution in [0.5, 0.6) is 17.2 Å². The highest BCUT2D eigenvalue weighted by atomic mass is 16.7. The highest BCUT2D eigenvalue weighted by molar-refractivity contribution is 5.75. The maximum Gasteiger partial charge on any atom is 0.231 e. The summed E-state index contributed by atoms with van der Waals surface area (Å²) in [6.45, 7) is 2.62. The van der Waals surface area contributed by atoms with Crippen LogP contribution >= 0.6 is 0 Å². The van der Waals surface area contributed by atoms with Crippen molar-refractivity contribution in [3.05, 3.63) is 41.5 Å². The van der Waals surface area contributed by atoms with E-state index in [1.165, 1.54) is 22.3 Å². The van der Waals surface area contributed by atoms with Gasteiger partial charge in [-0.2, -0.15) is 0 Å². The fourth-order valence-electron chi connectivity index (χ4n) is 3.36. The van der Waals surface area contributed by atoms with Crippen LogP contribution < -0.4 is 14.2 Å². The summed E-state index contributed by atoms with van der Waals surface area (Å²) in [4.78, 5) is 0. The van der Waals surface area contributed by atoms with Crippen LogP contribution in [-0.2, 0) is 12.8 Å². The fourth-order valence-corrected chi connectivity index (χ4v) is 3.36. The molecule has 4 rings (SSSR count). The predicted molar refractivity (Wildman–Crippen MR) is 81.1 cm³/mol. The third-order valence-electron chi connectivity index (χ3n) is 4.34. The van der Waals surface area contributed by atoms with E-state index in [1.807, 2.05) is 6.07 Å². The lowest BCUT2D eigenvalue weighted by Crippen LogP contribution is -2.01. The molecule has 0 saturated carbocycles. The second-order valence-corrected chi connectivity index (χ2v) is 5.90. The van der Waals surface area contributed by atoms with Crippen LogP contribution in [0, 0.1) is 5.92 Å². The van der Waals surface area contributed by atoms with Gasteiger partial charge in [-0.3, -0.25) is 0 Å². The predicted octanol–water partition coefficient (Wildman–Crippen LogP) is 3.83. The van der Waals surface area contributed by atoms with Crippen molar-refractivity contribution < 1.29 is 14.2 Å². The molecule has 0 radical (unpaired) electrons. The summed E-state index contributed by atoms with van der Waals surface area (Å²) in [5.74, 6) is 3.24. The number of ether oxygens (including phenoxy) is 3. The van der Waals surface area contributed by atoms with Crippen molar-refractivity contribution >= 4 is 0 Å². The first-order valence-corrected chi connectivity index (χ1v) is 7.34. The van der Waals surface area contributed by atoms with Gasteiger partial charge in [-0.25, -0.2) is 0 Å². The molecule has 2 aliphatic rings. The summed E-state index contributed by atoms with van der Waals surface area (Å²) in [5, 5.41) is 0. The van der Waals surface area contributed by atoms with Gasteiger partial charge in [-0.05, 0) is 65.3 Å². The molecule has 0 saturated heterocycles. The van der Waals surface area contributed by atoms with Crippen molar-refractivity contribution in [1.29, 1.82) is 0 Å². The smallest absolute Gasteiger partial charge is 0.231 e. The molecule has 1 heterocycles. The molecule has 0 N–H and O–H groups in total. The summed E-state index contributed by atoms with van der Waals surface area (Å²) in [6.07, 6.45) is 2.12. The number of hydrogen-bond donors (Lipinski definition) is 0. The van der Waals surface area contributed by atoms with Gasteiger partial charge in [-0.15, -0.1) is 0 Å². The van der Waals surface area contributed by atoms with Crippen LogP contribution in [0.25, 0.3) is 11.1 Å². The summed E-state index contributed by atoms with van der Waals surface area (Å²) >= 11 is 0. The largest absolute Gasteiger partial charge is 0.497 e. The molecule has 108 valence electrons. The first kappa shape index (κ1) is 12.6. The minimum Gasteiger partial charge on any atom is -0.497 e. The van der Waals surface area contributed by atoms with E-state index in [2.05, 4.69) is 31.2 Å². The highest BCUT2D eigenvalue weighted by Crippen LogP contribution is 2.43. The van der Waals surface area contributed by atoms with Crippen molar-refractivity contribution in [2.24, 2.45) is 5.92 Å². The second kappa shape index (κ2) is 4.69. The molecule has 1 aliphatic heterocycles. The average Bonchev–Trinajstić information content (AvgIpc) is 2.88. The lowest BCUT2D eigenvalue weighted by Gasteiger charge is -2.11. The highest BCUT2D eigenvalue weighted by Gasteiger charge is 2.23. The van der Waals surface area contributed by atoms with E-state index in [9.17, 15) is 0 Å². The van der Waals surface area contributed by atoms with E-state index in [0.29, 0.717) is 12.7 Å². The first-order chi connectivity index (χ1) is 10.2. The van der Waals surface area contributed by atoms with Crippen molar-refractivity contribution in [2.45, 2.75) is 19.8 Å². The summed E-state index contributed by atoms with van der Waals surface area (Å²) < 4.78 is 16.4. The summed E-state index contributed by atoms with van der Waals surface area (Å²) in [7, 11) is 1.72. The minimum atomic E-state index is 0.323. The van der Waals surface area contributed by atoms with E-state index in [-0.39, 0.29) is 0 Å². The SMILES string of the molecule is COc1ccc2c(c1)CC(C)Cc1cc3c(cc1-2)OCO3. The van der Waals surface area contributed by atoms with Gasteiger partial charge in [-0.1, -0.05) is 13.0 Å². The number of benzene rings is 2. The van der Waals surface area contributed by atoms with E-state index in [1.54, 1.807) is 7.11 Å². The van der Waals surface area contributed by atoms with E-state index in [0.717, 1.165) is 30.1 Å². The van der Waals surface area contributed by atoms with Crippen LogP contribution in [0.4, 0.5) is 0 Å². The van der Waals surface area contributed by atoms with Crippen LogP contribution in [0.2, 0.25) is 0 Å². The topological polar surface area (TPSA) is 27.7 Å². The maximum atomic E-state index is 5.55. The summed E-state index contributed by atoms with van der Waals surface area (Å²) in [5.41, 5.74) is 5.24.